The summed E-state index contributed by atoms with van der Waals surface area (Å²) in [5.41, 5.74) is 0.585. The lowest BCUT2D eigenvalue weighted by molar-refractivity contribution is -0.385. The lowest BCUT2D eigenvalue weighted by Crippen LogP contribution is -2.07. The van der Waals surface area contributed by atoms with Crippen LogP contribution in [-0.2, 0) is 6.54 Å². The van der Waals surface area contributed by atoms with Gasteiger partial charge >= 0.3 is 5.69 Å². The SMILES string of the molecule is COc1ncnc(NCc2cccc(Cl)c2)c1[N+](=O)[O-]. The molecule has 0 aliphatic heterocycles. The number of halogens is 1. The highest BCUT2D eigenvalue weighted by molar-refractivity contribution is 6.30. The first-order valence-electron chi connectivity index (χ1n) is 5.63. The van der Waals surface area contributed by atoms with Crippen molar-refractivity contribution < 1.29 is 9.66 Å². The summed E-state index contributed by atoms with van der Waals surface area (Å²) in [7, 11) is 1.32. The highest BCUT2D eigenvalue weighted by atomic mass is 35.5. The average molecular weight is 295 g/mol. The molecule has 0 aliphatic carbocycles. The van der Waals surface area contributed by atoms with Crippen molar-refractivity contribution in [1.29, 1.82) is 0 Å². The van der Waals surface area contributed by atoms with Crippen molar-refractivity contribution in [1.82, 2.24) is 9.97 Å². The number of aromatic nitrogens is 2. The average Bonchev–Trinajstić information content (AvgIpc) is 2.44. The number of rotatable bonds is 5. The Hall–Kier alpha value is -2.41. The van der Waals surface area contributed by atoms with E-state index in [4.69, 9.17) is 16.3 Å². The summed E-state index contributed by atoms with van der Waals surface area (Å²) in [5, 5.41) is 14.5. The molecule has 0 aliphatic rings. The summed E-state index contributed by atoms with van der Waals surface area (Å²) in [5.74, 6) is 0.0143. The van der Waals surface area contributed by atoms with E-state index in [2.05, 4.69) is 15.3 Å². The molecule has 0 radical (unpaired) electrons. The summed E-state index contributed by atoms with van der Waals surface area (Å²) < 4.78 is 4.86. The van der Waals surface area contributed by atoms with Crippen LogP contribution in [0.1, 0.15) is 5.56 Å². The molecule has 1 aromatic carbocycles. The summed E-state index contributed by atoms with van der Waals surface area (Å²) in [4.78, 5) is 18.0. The third kappa shape index (κ3) is 3.12. The molecule has 2 rings (SSSR count). The Balaban J connectivity index is 2.23. The number of methoxy groups -OCH3 is 1. The number of ether oxygens (including phenoxy) is 1. The molecule has 0 amide bonds. The summed E-state index contributed by atoms with van der Waals surface area (Å²) in [6.07, 6.45) is 1.20. The normalized spacial score (nSPS) is 10.1. The van der Waals surface area contributed by atoms with Crippen molar-refractivity contribution in [2.75, 3.05) is 12.4 Å². The number of nitrogens with zero attached hydrogens (tertiary/aromatic N) is 3. The number of hydrogen-bond acceptors (Lipinski definition) is 6. The van der Waals surface area contributed by atoms with E-state index >= 15 is 0 Å². The first kappa shape index (κ1) is 14.0. The molecule has 0 saturated heterocycles. The summed E-state index contributed by atoms with van der Waals surface area (Å²) >= 11 is 5.87. The lowest BCUT2D eigenvalue weighted by Gasteiger charge is -2.08. The first-order chi connectivity index (χ1) is 9.61. The Morgan fingerprint density at radius 1 is 1.45 bits per heavy atom. The van der Waals surface area contributed by atoms with E-state index in [1.807, 2.05) is 6.07 Å². The Bertz CT molecular complexity index is 636. The molecule has 104 valence electrons. The second-order valence-corrected chi connectivity index (χ2v) is 4.26. The van der Waals surface area contributed by atoms with Crippen molar-refractivity contribution >= 4 is 23.1 Å². The van der Waals surface area contributed by atoms with Crippen molar-refractivity contribution in [2.45, 2.75) is 6.54 Å². The van der Waals surface area contributed by atoms with Crippen LogP contribution in [0, 0.1) is 10.1 Å². The minimum Gasteiger partial charge on any atom is -0.476 e. The zero-order chi connectivity index (χ0) is 14.5. The van der Waals surface area contributed by atoms with Crippen LogP contribution in [0.2, 0.25) is 5.02 Å². The summed E-state index contributed by atoms with van der Waals surface area (Å²) in [6.45, 7) is 0.349. The van der Waals surface area contributed by atoms with Crippen molar-refractivity contribution in [3.63, 3.8) is 0 Å². The fourth-order valence-electron chi connectivity index (χ4n) is 1.64. The highest BCUT2D eigenvalue weighted by Crippen LogP contribution is 2.30. The van der Waals surface area contributed by atoms with E-state index in [9.17, 15) is 10.1 Å². The smallest absolute Gasteiger partial charge is 0.372 e. The van der Waals surface area contributed by atoms with Gasteiger partial charge in [-0.25, -0.2) is 4.98 Å². The van der Waals surface area contributed by atoms with Crippen LogP contribution in [0.5, 0.6) is 5.88 Å². The van der Waals surface area contributed by atoms with Crippen molar-refractivity contribution in [2.24, 2.45) is 0 Å². The predicted octanol–water partition coefficient (Wildman–Crippen LogP) is 2.66. The minimum atomic E-state index is -0.584. The molecule has 0 atom stereocenters. The van der Waals surface area contributed by atoms with Crippen LogP contribution in [0.15, 0.2) is 30.6 Å². The fraction of sp³-hybridized carbons (Fsp3) is 0.167. The van der Waals surface area contributed by atoms with Gasteiger partial charge in [-0.1, -0.05) is 23.7 Å². The second-order valence-electron chi connectivity index (χ2n) is 3.82. The van der Waals surface area contributed by atoms with Crippen LogP contribution in [0.25, 0.3) is 0 Å². The van der Waals surface area contributed by atoms with Gasteiger partial charge in [0.1, 0.15) is 6.33 Å². The zero-order valence-corrected chi connectivity index (χ0v) is 11.3. The first-order valence-corrected chi connectivity index (χ1v) is 6.01. The molecular weight excluding hydrogens is 284 g/mol. The van der Waals surface area contributed by atoms with Gasteiger partial charge in [-0.2, -0.15) is 4.98 Å². The van der Waals surface area contributed by atoms with Crippen LogP contribution in [-0.4, -0.2) is 22.0 Å². The van der Waals surface area contributed by atoms with Crippen LogP contribution in [0.4, 0.5) is 11.5 Å². The zero-order valence-electron chi connectivity index (χ0n) is 10.5. The maximum Gasteiger partial charge on any atom is 0.372 e. The van der Waals surface area contributed by atoms with E-state index in [-0.39, 0.29) is 17.4 Å². The predicted molar refractivity (Wildman–Crippen MR) is 74.0 cm³/mol. The Kier molecular flexibility index (Phi) is 4.31. The molecule has 0 unspecified atom stereocenters. The topological polar surface area (TPSA) is 90.2 Å². The molecule has 0 saturated carbocycles. The number of anilines is 1. The molecule has 2 aromatic rings. The van der Waals surface area contributed by atoms with Gasteiger partial charge in [-0.15, -0.1) is 0 Å². The molecule has 0 spiro atoms. The van der Waals surface area contributed by atoms with E-state index in [1.165, 1.54) is 13.4 Å². The minimum absolute atomic E-state index is 0.0846. The van der Waals surface area contributed by atoms with Gasteiger partial charge in [0, 0.05) is 11.6 Å². The van der Waals surface area contributed by atoms with Crippen LogP contribution >= 0.6 is 11.6 Å². The van der Waals surface area contributed by atoms with Crippen molar-refractivity contribution in [3.05, 3.63) is 51.3 Å². The molecule has 0 bridgehead atoms. The van der Waals surface area contributed by atoms with Gasteiger partial charge in [0.2, 0.25) is 5.82 Å². The number of benzene rings is 1. The Labute approximate surface area is 119 Å². The van der Waals surface area contributed by atoms with Gasteiger partial charge < -0.3 is 10.1 Å². The van der Waals surface area contributed by atoms with Crippen molar-refractivity contribution in [3.8, 4) is 5.88 Å². The third-order valence-electron chi connectivity index (χ3n) is 2.51. The maximum absolute atomic E-state index is 11.1. The maximum atomic E-state index is 11.1. The molecule has 20 heavy (non-hydrogen) atoms. The quantitative estimate of drug-likeness (QED) is 0.673. The third-order valence-corrected chi connectivity index (χ3v) is 2.75. The lowest BCUT2D eigenvalue weighted by atomic mass is 10.2. The number of hydrogen-bond donors (Lipinski definition) is 1. The van der Waals surface area contributed by atoms with Gasteiger partial charge in [0.25, 0.3) is 5.88 Å². The fourth-order valence-corrected chi connectivity index (χ4v) is 1.85. The number of nitrogens with one attached hydrogen (secondary N) is 1. The molecule has 1 aromatic heterocycles. The van der Waals surface area contributed by atoms with Crippen LogP contribution < -0.4 is 10.1 Å². The molecule has 8 heteroatoms. The van der Waals surface area contributed by atoms with E-state index in [0.29, 0.717) is 11.6 Å². The molecule has 0 fully saturated rings. The standard InChI is InChI=1S/C12H11ClN4O3/c1-20-12-10(17(18)19)11(15-7-16-12)14-6-8-3-2-4-9(13)5-8/h2-5,7H,6H2,1H3,(H,14,15,16). The van der Waals surface area contributed by atoms with E-state index < -0.39 is 4.92 Å². The second kappa shape index (κ2) is 6.16. The molecule has 1 heterocycles. The van der Waals surface area contributed by atoms with Gasteiger partial charge in [0.15, 0.2) is 0 Å². The van der Waals surface area contributed by atoms with Crippen LogP contribution in [0.3, 0.4) is 0 Å². The van der Waals surface area contributed by atoms with Gasteiger partial charge in [-0.3, -0.25) is 10.1 Å². The monoisotopic (exact) mass is 294 g/mol. The van der Waals surface area contributed by atoms with E-state index in [0.717, 1.165) is 5.56 Å². The Morgan fingerprint density at radius 2 is 2.25 bits per heavy atom. The number of nitro groups is 1. The Morgan fingerprint density at radius 3 is 2.90 bits per heavy atom. The van der Waals surface area contributed by atoms with Gasteiger partial charge in [-0.05, 0) is 17.7 Å². The summed E-state index contributed by atoms with van der Waals surface area (Å²) in [6, 6.07) is 7.16. The van der Waals surface area contributed by atoms with E-state index in [1.54, 1.807) is 18.2 Å². The van der Waals surface area contributed by atoms with Gasteiger partial charge in [0.05, 0.1) is 12.0 Å². The highest BCUT2D eigenvalue weighted by Gasteiger charge is 2.23. The largest absolute Gasteiger partial charge is 0.476 e. The molecule has 7 nitrogen and oxygen atoms in total. The molecule has 1 N–H and O–H groups in total. The molecular formula is C12H11ClN4O3.